The van der Waals surface area contributed by atoms with Crippen molar-refractivity contribution in [2.45, 2.75) is 13.5 Å². The van der Waals surface area contributed by atoms with Crippen LogP contribution in [0.3, 0.4) is 0 Å². The molecule has 5 nitrogen and oxygen atoms in total. The molecule has 1 aromatic carbocycles. The Morgan fingerprint density at radius 3 is 2.83 bits per heavy atom. The van der Waals surface area contributed by atoms with Gasteiger partial charge in [-0.3, -0.25) is 9.79 Å². The second-order valence-electron chi connectivity index (χ2n) is 4.92. The number of guanidine groups is 1. The molecule has 1 amide bonds. The van der Waals surface area contributed by atoms with Crippen LogP contribution < -0.4 is 16.0 Å². The van der Waals surface area contributed by atoms with Crippen molar-refractivity contribution in [1.29, 1.82) is 0 Å². The molecule has 2 rings (SSSR count). The van der Waals surface area contributed by atoms with Gasteiger partial charge < -0.3 is 16.0 Å². The van der Waals surface area contributed by atoms with Crippen molar-refractivity contribution in [3.05, 3.63) is 50.6 Å². The van der Waals surface area contributed by atoms with Gasteiger partial charge in [-0.05, 0) is 47.0 Å². The number of carbonyl (C=O) groups excluding carboxylic acids is 1. The van der Waals surface area contributed by atoms with Crippen LogP contribution >= 0.6 is 27.3 Å². The number of carbonyl (C=O) groups is 1. The Labute approximate surface area is 148 Å². The Balaban J connectivity index is 1.81. The van der Waals surface area contributed by atoms with Gasteiger partial charge in [0, 0.05) is 23.8 Å². The molecule has 0 aliphatic rings. The number of halogens is 1. The third-order valence-electron chi connectivity index (χ3n) is 3.15. The first-order valence-corrected chi connectivity index (χ1v) is 8.83. The highest BCUT2D eigenvalue weighted by molar-refractivity contribution is 9.10. The molecule has 2 aromatic rings. The lowest BCUT2D eigenvalue weighted by Crippen LogP contribution is -2.41. The van der Waals surface area contributed by atoms with E-state index in [1.165, 1.54) is 5.56 Å². The fraction of sp³-hybridized carbons (Fsp3) is 0.250. The van der Waals surface area contributed by atoms with E-state index in [1.54, 1.807) is 18.4 Å². The second-order valence-corrected chi connectivity index (χ2v) is 6.61. The molecule has 0 bridgehead atoms. The van der Waals surface area contributed by atoms with Crippen molar-refractivity contribution < 1.29 is 4.79 Å². The zero-order valence-electron chi connectivity index (χ0n) is 13.0. The van der Waals surface area contributed by atoms with Gasteiger partial charge in [-0.2, -0.15) is 11.3 Å². The molecule has 7 heteroatoms. The van der Waals surface area contributed by atoms with E-state index in [0.717, 1.165) is 15.7 Å². The summed E-state index contributed by atoms with van der Waals surface area (Å²) >= 11 is 5.06. The van der Waals surface area contributed by atoms with Crippen molar-refractivity contribution in [3.8, 4) is 0 Å². The van der Waals surface area contributed by atoms with Gasteiger partial charge in [-0.15, -0.1) is 0 Å². The van der Waals surface area contributed by atoms with Crippen LogP contribution in [0.1, 0.15) is 11.1 Å². The quantitative estimate of drug-likeness (QED) is 0.539. The molecular formula is C16H19BrN4OS. The van der Waals surface area contributed by atoms with Gasteiger partial charge in [0.25, 0.3) is 0 Å². The molecule has 0 spiro atoms. The van der Waals surface area contributed by atoms with Crippen LogP contribution in [0.4, 0.5) is 5.69 Å². The number of nitrogens with one attached hydrogen (secondary N) is 3. The molecule has 0 atom stereocenters. The average Bonchev–Trinajstić information content (AvgIpc) is 3.04. The van der Waals surface area contributed by atoms with Crippen molar-refractivity contribution in [3.63, 3.8) is 0 Å². The van der Waals surface area contributed by atoms with E-state index in [4.69, 9.17) is 0 Å². The van der Waals surface area contributed by atoms with Crippen LogP contribution in [0.5, 0.6) is 0 Å². The number of anilines is 1. The van der Waals surface area contributed by atoms with Crippen LogP contribution in [0.25, 0.3) is 0 Å². The number of hydrogen-bond donors (Lipinski definition) is 3. The molecule has 0 fully saturated rings. The van der Waals surface area contributed by atoms with Crippen LogP contribution in [-0.4, -0.2) is 25.5 Å². The minimum Gasteiger partial charge on any atom is -0.352 e. The maximum atomic E-state index is 12.1. The van der Waals surface area contributed by atoms with Gasteiger partial charge >= 0.3 is 0 Å². The molecule has 1 aromatic heterocycles. The number of benzene rings is 1. The first-order valence-electron chi connectivity index (χ1n) is 7.10. The number of hydrogen-bond acceptors (Lipinski definition) is 3. The van der Waals surface area contributed by atoms with E-state index in [0.29, 0.717) is 12.5 Å². The lowest BCUT2D eigenvalue weighted by atomic mass is 10.2. The topological polar surface area (TPSA) is 65.5 Å². The van der Waals surface area contributed by atoms with Crippen LogP contribution in [0.15, 0.2) is 44.5 Å². The molecule has 0 radical (unpaired) electrons. The van der Waals surface area contributed by atoms with E-state index in [1.807, 2.05) is 36.6 Å². The highest BCUT2D eigenvalue weighted by Crippen LogP contribution is 2.20. The maximum absolute atomic E-state index is 12.1. The number of thiophene rings is 1. The molecule has 0 aliphatic heterocycles. The monoisotopic (exact) mass is 394 g/mol. The fourth-order valence-electron chi connectivity index (χ4n) is 1.89. The van der Waals surface area contributed by atoms with Gasteiger partial charge in [0.15, 0.2) is 5.96 Å². The Kier molecular flexibility index (Phi) is 6.61. The summed E-state index contributed by atoms with van der Waals surface area (Å²) in [6.45, 7) is 2.78. The summed E-state index contributed by atoms with van der Waals surface area (Å²) in [5, 5.41) is 13.2. The third kappa shape index (κ3) is 5.69. The van der Waals surface area contributed by atoms with Gasteiger partial charge in [0.05, 0.1) is 6.54 Å². The number of nitrogens with zero attached hydrogens (tertiary/aromatic N) is 1. The summed E-state index contributed by atoms with van der Waals surface area (Å²) in [6, 6.07) is 7.83. The zero-order valence-corrected chi connectivity index (χ0v) is 15.4. The zero-order chi connectivity index (χ0) is 16.7. The lowest BCUT2D eigenvalue weighted by Gasteiger charge is -2.12. The van der Waals surface area contributed by atoms with Crippen LogP contribution in [0.2, 0.25) is 0 Å². The average molecular weight is 395 g/mol. The summed E-state index contributed by atoms with van der Waals surface area (Å²) in [7, 11) is 1.68. The van der Waals surface area contributed by atoms with E-state index >= 15 is 0 Å². The van der Waals surface area contributed by atoms with E-state index in [2.05, 4.69) is 42.3 Å². The minimum absolute atomic E-state index is 0.121. The molecule has 1 heterocycles. The lowest BCUT2D eigenvalue weighted by molar-refractivity contribution is -0.115. The summed E-state index contributed by atoms with van der Waals surface area (Å²) in [4.78, 5) is 16.2. The summed E-state index contributed by atoms with van der Waals surface area (Å²) in [6.07, 6.45) is 0. The first kappa shape index (κ1) is 17.5. The van der Waals surface area contributed by atoms with Gasteiger partial charge in [0.1, 0.15) is 0 Å². The third-order valence-corrected chi connectivity index (χ3v) is 4.38. The molecule has 0 aliphatic carbocycles. The predicted octanol–water partition coefficient (Wildman–Crippen LogP) is 3.12. The summed E-state index contributed by atoms with van der Waals surface area (Å²) < 4.78 is 0.930. The molecule has 3 N–H and O–H groups in total. The highest BCUT2D eigenvalue weighted by Gasteiger charge is 2.07. The SMILES string of the molecule is CN=C(NCC(=O)Nc1cc(Br)ccc1C)NCc1ccsc1. The highest BCUT2D eigenvalue weighted by atomic mass is 79.9. The maximum Gasteiger partial charge on any atom is 0.243 e. The number of aryl methyl sites for hydroxylation is 1. The van der Waals surface area contributed by atoms with Gasteiger partial charge in [-0.25, -0.2) is 0 Å². The van der Waals surface area contributed by atoms with Crippen LogP contribution in [-0.2, 0) is 11.3 Å². The number of amides is 1. The summed E-state index contributed by atoms with van der Waals surface area (Å²) in [5.41, 5.74) is 3.00. The molecular weight excluding hydrogens is 376 g/mol. The predicted molar refractivity (Wildman–Crippen MR) is 100 cm³/mol. The Hall–Kier alpha value is -1.86. The molecule has 122 valence electrons. The number of aliphatic imine (C=N–C) groups is 1. The number of rotatable bonds is 5. The normalized spacial score (nSPS) is 11.2. The fourth-order valence-corrected chi connectivity index (χ4v) is 2.92. The van der Waals surface area contributed by atoms with E-state index in [-0.39, 0.29) is 12.5 Å². The van der Waals surface area contributed by atoms with Crippen molar-refractivity contribution in [2.75, 3.05) is 18.9 Å². The second kappa shape index (κ2) is 8.69. The molecule has 0 saturated heterocycles. The Bertz CT molecular complexity index is 685. The van der Waals surface area contributed by atoms with E-state index in [9.17, 15) is 4.79 Å². The summed E-state index contributed by atoms with van der Waals surface area (Å²) in [5.74, 6) is 0.474. The van der Waals surface area contributed by atoms with Crippen LogP contribution in [0, 0.1) is 6.92 Å². The largest absolute Gasteiger partial charge is 0.352 e. The van der Waals surface area contributed by atoms with Gasteiger partial charge in [-0.1, -0.05) is 22.0 Å². The molecule has 0 unspecified atom stereocenters. The standard InChI is InChI=1S/C16H19BrN4OS/c1-11-3-4-13(17)7-14(11)21-15(22)9-20-16(18-2)19-8-12-5-6-23-10-12/h3-7,10H,8-9H2,1-2H3,(H,21,22)(H2,18,19,20). The van der Waals surface area contributed by atoms with Crippen molar-refractivity contribution >= 4 is 44.8 Å². The van der Waals surface area contributed by atoms with E-state index < -0.39 is 0 Å². The Morgan fingerprint density at radius 2 is 2.13 bits per heavy atom. The van der Waals surface area contributed by atoms with Crippen molar-refractivity contribution in [1.82, 2.24) is 10.6 Å². The molecule has 23 heavy (non-hydrogen) atoms. The first-order chi connectivity index (χ1) is 11.1. The smallest absolute Gasteiger partial charge is 0.243 e. The minimum atomic E-state index is -0.121. The Morgan fingerprint density at radius 1 is 1.30 bits per heavy atom. The van der Waals surface area contributed by atoms with Gasteiger partial charge in [0.2, 0.25) is 5.91 Å². The molecule has 0 saturated carbocycles. The van der Waals surface area contributed by atoms with Crippen molar-refractivity contribution in [2.24, 2.45) is 4.99 Å².